The molecule has 0 N–H and O–H groups in total. The maximum atomic E-state index is 12.9. The van der Waals surface area contributed by atoms with Gasteiger partial charge in [0, 0.05) is 11.3 Å². The van der Waals surface area contributed by atoms with Crippen LogP contribution < -0.4 is 0 Å². The first kappa shape index (κ1) is 12.3. The lowest BCUT2D eigenvalue weighted by Gasteiger charge is -2.27. The van der Waals surface area contributed by atoms with Crippen LogP contribution in [0.1, 0.15) is 45.1 Å². The number of Topliss-reactive ketones (excluding diaryl/α,β-unsaturated/α-hetero) is 1. The Balaban J connectivity index is 2.22. The Morgan fingerprint density at radius 1 is 1.18 bits per heavy atom. The molecule has 2 rings (SSSR count). The number of rotatable bonds is 3. The highest BCUT2D eigenvalue weighted by Crippen LogP contribution is 2.34. The summed E-state index contributed by atoms with van der Waals surface area (Å²) in [5, 5.41) is 0. The van der Waals surface area contributed by atoms with Crippen LogP contribution in [0.2, 0.25) is 0 Å². The van der Waals surface area contributed by atoms with E-state index in [2.05, 4.69) is 0 Å². The molecule has 0 bridgehead atoms. The minimum atomic E-state index is -0.497. The Morgan fingerprint density at radius 3 is 2.24 bits per heavy atom. The predicted molar refractivity (Wildman–Crippen MR) is 66.4 cm³/mol. The normalized spacial score (nSPS) is 17.4. The summed E-state index contributed by atoms with van der Waals surface area (Å²) in [5.41, 5.74) is 0.415. The smallest absolute Gasteiger partial charge is 0.145 e. The van der Waals surface area contributed by atoms with Gasteiger partial charge in [-0.1, -0.05) is 25.0 Å². The summed E-state index contributed by atoms with van der Waals surface area (Å²) in [6.45, 7) is 3.89. The lowest BCUT2D eigenvalue weighted by Crippen LogP contribution is -2.33. The molecular formula is C15H19FO. The van der Waals surface area contributed by atoms with Gasteiger partial charge in [-0.3, -0.25) is 4.79 Å². The highest BCUT2D eigenvalue weighted by Gasteiger charge is 2.36. The van der Waals surface area contributed by atoms with Crippen molar-refractivity contribution < 1.29 is 9.18 Å². The molecule has 0 heterocycles. The number of halogens is 1. The topological polar surface area (TPSA) is 17.1 Å². The van der Waals surface area contributed by atoms with Crippen molar-refractivity contribution in [1.82, 2.24) is 0 Å². The summed E-state index contributed by atoms with van der Waals surface area (Å²) in [7, 11) is 0. The number of carbonyl (C=O) groups excluding carboxylic acids is 1. The highest BCUT2D eigenvalue weighted by molar-refractivity contribution is 5.91. The Bertz CT molecular complexity index is 399. The lowest BCUT2D eigenvalue weighted by atomic mass is 9.75. The molecule has 0 radical (unpaired) electrons. The predicted octanol–water partition coefficient (Wildman–Crippen LogP) is 3.86. The van der Waals surface area contributed by atoms with Gasteiger partial charge in [0.2, 0.25) is 0 Å². The average Bonchev–Trinajstić information content (AvgIpc) is 2.82. The van der Waals surface area contributed by atoms with Crippen molar-refractivity contribution in [3.8, 4) is 0 Å². The van der Waals surface area contributed by atoms with Crippen LogP contribution in [0, 0.1) is 11.7 Å². The Kier molecular flexibility index (Phi) is 3.32. The Hall–Kier alpha value is -1.18. The molecule has 0 saturated heterocycles. The molecule has 92 valence electrons. The molecule has 1 fully saturated rings. The van der Waals surface area contributed by atoms with Crippen molar-refractivity contribution in [2.45, 2.75) is 44.9 Å². The molecule has 2 heteroatoms. The molecular weight excluding hydrogens is 215 g/mol. The van der Waals surface area contributed by atoms with Crippen molar-refractivity contribution in [2.75, 3.05) is 0 Å². The van der Waals surface area contributed by atoms with Gasteiger partial charge in [-0.25, -0.2) is 4.39 Å². The summed E-state index contributed by atoms with van der Waals surface area (Å²) < 4.78 is 12.9. The molecule has 0 aliphatic heterocycles. The SMILES string of the molecule is CC(C)(C(=O)C1CCCC1)c1ccc(F)cc1. The number of ketones is 1. The largest absolute Gasteiger partial charge is 0.298 e. The summed E-state index contributed by atoms with van der Waals surface area (Å²) in [5.74, 6) is 0.259. The molecule has 1 saturated carbocycles. The van der Waals surface area contributed by atoms with Gasteiger partial charge in [0.25, 0.3) is 0 Å². The number of carbonyl (C=O) groups is 1. The van der Waals surface area contributed by atoms with Crippen LogP contribution in [0.4, 0.5) is 4.39 Å². The third-order valence-corrected chi connectivity index (χ3v) is 3.91. The van der Waals surface area contributed by atoms with E-state index in [0.717, 1.165) is 31.2 Å². The van der Waals surface area contributed by atoms with E-state index in [0.29, 0.717) is 5.78 Å². The minimum Gasteiger partial charge on any atom is -0.298 e. The van der Waals surface area contributed by atoms with Gasteiger partial charge in [0.1, 0.15) is 11.6 Å². The van der Waals surface area contributed by atoms with Crippen molar-refractivity contribution in [2.24, 2.45) is 5.92 Å². The van der Waals surface area contributed by atoms with Gasteiger partial charge in [-0.15, -0.1) is 0 Å². The van der Waals surface area contributed by atoms with Gasteiger partial charge >= 0.3 is 0 Å². The van der Waals surface area contributed by atoms with Crippen LogP contribution in [0.15, 0.2) is 24.3 Å². The van der Waals surface area contributed by atoms with Crippen molar-refractivity contribution in [3.63, 3.8) is 0 Å². The fourth-order valence-corrected chi connectivity index (χ4v) is 2.71. The van der Waals surface area contributed by atoms with Gasteiger partial charge in [-0.2, -0.15) is 0 Å². The second-order valence-corrected chi connectivity index (χ2v) is 5.48. The lowest BCUT2D eigenvalue weighted by molar-refractivity contribution is -0.127. The molecule has 0 spiro atoms. The first-order valence-electron chi connectivity index (χ1n) is 6.32. The first-order valence-corrected chi connectivity index (χ1v) is 6.32. The van der Waals surface area contributed by atoms with Crippen LogP contribution in [-0.4, -0.2) is 5.78 Å². The second-order valence-electron chi connectivity index (χ2n) is 5.48. The number of hydrogen-bond acceptors (Lipinski definition) is 1. The fraction of sp³-hybridized carbons (Fsp3) is 0.533. The average molecular weight is 234 g/mol. The van der Waals surface area contributed by atoms with E-state index < -0.39 is 5.41 Å². The van der Waals surface area contributed by atoms with E-state index in [4.69, 9.17) is 0 Å². The molecule has 1 nitrogen and oxygen atoms in total. The maximum absolute atomic E-state index is 12.9. The quantitative estimate of drug-likeness (QED) is 0.776. The van der Waals surface area contributed by atoms with Crippen molar-refractivity contribution in [1.29, 1.82) is 0 Å². The van der Waals surface area contributed by atoms with Crippen molar-refractivity contribution >= 4 is 5.78 Å². The van der Waals surface area contributed by atoms with E-state index in [1.807, 2.05) is 13.8 Å². The number of hydrogen-bond donors (Lipinski definition) is 0. The first-order chi connectivity index (χ1) is 8.01. The molecule has 1 aliphatic carbocycles. The molecule has 0 atom stereocenters. The summed E-state index contributed by atoms with van der Waals surface area (Å²) >= 11 is 0. The van der Waals surface area contributed by atoms with Gasteiger partial charge in [0.05, 0.1) is 0 Å². The Labute approximate surface area is 102 Å². The van der Waals surface area contributed by atoms with E-state index in [9.17, 15) is 9.18 Å². The van der Waals surface area contributed by atoms with Crippen LogP contribution in [0.25, 0.3) is 0 Å². The van der Waals surface area contributed by atoms with Gasteiger partial charge in [-0.05, 0) is 44.4 Å². The summed E-state index contributed by atoms with van der Waals surface area (Å²) in [4.78, 5) is 12.5. The zero-order valence-corrected chi connectivity index (χ0v) is 10.5. The van der Waals surface area contributed by atoms with E-state index in [-0.39, 0.29) is 11.7 Å². The molecule has 0 amide bonds. The fourth-order valence-electron chi connectivity index (χ4n) is 2.71. The Morgan fingerprint density at radius 2 is 1.71 bits per heavy atom. The van der Waals surface area contributed by atoms with E-state index in [1.165, 1.54) is 12.1 Å². The van der Waals surface area contributed by atoms with E-state index >= 15 is 0 Å². The van der Waals surface area contributed by atoms with Gasteiger partial charge < -0.3 is 0 Å². The molecule has 1 aromatic rings. The molecule has 1 aromatic carbocycles. The summed E-state index contributed by atoms with van der Waals surface area (Å²) in [6.07, 6.45) is 4.36. The van der Waals surface area contributed by atoms with Crippen LogP contribution >= 0.6 is 0 Å². The zero-order valence-electron chi connectivity index (χ0n) is 10.5. The minimum absolute atomic E-state index is 0.204. The molecule has 1 aliphatic rings. The third kappa shape index (κ3) is 2.41. The zero-order chi connectivity index (χ0) is 12.5. The standard InChI is InChI=1S/C15H19FO/c1-15(2,12-7-9-13(16)10-8-12)14(17)11-5-3-4-6-11/h7-11H,3-6H2,1-2H3. The van der Waals surface area contributed by atoms with Gasteiger partial charge in [0.15, 0.2) is 0 Å². The second kappa shape index (κ2) is 4.59. The molecule has 0 unspecified atom stereocenters. The third-order valence-electron chi connectivity index (χ3n) is 3.91. The maximum Gasteiger partial charge on any atom is 0.145 e. The highest BCUT2D eigenvalue weighted by atomic mass is 19.1. The summed E-state index contributed by atoms with van der Waals surface area (Å²) in [6, 6.07) is 6.31. The molecule has 0 aromatic heterocycles. The van der Waals surface area contributed by atoms with Crippen LogP contribution in [0.3, 0.4) is 0 Å². The van der Waals surface area contributed by atoms with E-state index in [1.54, 1.807) is 12.1 Å². The van der Waals surface area contributed by atoms with Crippen LogP contribution in [0.5, 0.6) is 0 Å². The van der Waals surface area contributed by atoms with Crippen molar-refractivity contribution in [3.05, 3.63) is 35.6 Å². The monoisotopic (exact) mass is 234 g/mol. The molecule has 17 heavy (non-hydrogen) atoms. The number of benzene rings is 1. The van der Waals surface area contributed by atoms with Crippen LogP contribution in [-0.2, 0) is 10.2 Å².